The Morgan fingerprint density at radius 1 is 1.12 bits per heavy atom. The summed E-state index contributed by atoms with van der Waals surface area (Å²) in [7, 11) is 1.66. The third-order valence-corrected chi connectivity index (χ3v) is 7.16. The van der Waals surface area contributed by atoms with E-state index in [0.29, 0.717) is 11.6 Å². The second kappa shape index (κ2) is 8.47. The maximum absolute atomic E-state index is 12.7. The van der Waals surface area contributed by atoms with Gasteiger partial charge in [0.25, 0.3) is 0 Å². The van der Waals surface area contributed by atoms with Crippen LogP contribution < -0.4 is 14.8 Å². The number of rotatable bonds is 7. The van der Waals surface area contributed by atoms with Gasteiger partial charge in [0, 0.05) is 31.7 Å². The number of aryl methyl sites for hydroxylation is 1. The van der Waals surface area contributed by atoms with Gasteiger partial charge < -0.3 is 19.6 Å². The molecule has 5 rings (SSSR count). The standard InChI is InChI=1S/C24H24N6O3S/c1-25-24-21-22(30(2)14-26-21)19-12-20(28-23(19)29-24)16-6-4-5-15(11-16)13-27-34(31,32)18-9-7-17(33-3)8-10-18/h4-12,14,27H,13H2,1-3H3,(H2,25,28,29). The van der Waals surface area contributed by atoms with Crippen LogP contribution in [0.5, 0.6) is 5.75 Å². The first-order valence-electron chi connectivity index (χ1n) is 10.6. The molecule has 34 heavy (non-hydrogen) atoms. The highest BCUT2D eigenvalue weighted by Gasteiger charge is 2.16. The molecule has 0 saturated carbocycles. The highest BCUT2D eigenvalue weighted by molar-refractivity contribution is 7.89. The topological polar surface area (TPSA) is 114 Å². The van der Waals surface area contributed by atoms with Gasteiger partial charge in [0.1, 0.15) is 16.9 Å². The van der Waals surface area contributed by atoms with Crippen molar-refractivity contribution >= 4 is 37.9 Å². The van der Waals surface area contributed by atoms with Gasteiger partial charge in [-0.3, -0.25) is 0 Å². The molecule has 0 aliphatic heterocycles. The fraction of sp³-hybridized carbons (Fsp3) is 0.167. The van der Waals surface area contributed by atoms with Crippen LogP contribution in [0.3, 0.4) is 0 Å². The fourth-order valence-corrected chi connectivity index (χ4v) is 5.01. The summed E-state index contributed by atoms with van der Waals surface area (Å²) in [5, 5.41) is 4.07. The number of H-pyrrole nitrogens is 1. The van der Waals surface area contributed by atoms with Crippen molar-refractivity contribution in [2.24, 2.45) is 7.05 Å². The number of nitrogens with zero attached hydrogens (tertiary/aromatic N) is 3. The number of fused-ring (bicyclic) bond motifs is 3. The van der Waals surface area contributed by atoms with Gasteiger partial charge in [-0.25, -0.2) is 23.1 Å². The van der Waals surface area contributed by atoms with Crippen molar-refractivity contribution in [3.8, 4) is 17.0 Å². The number of benzene rings is 2. The molecule has 0 fully saturated rings. The first kappa shape index (κ1) is 21.9. The monoisotopic (exact) mass is 476 g/mol. The summed E-state index contributed by atoms with van der Waals surface area (Å²) < 4.78 is 35.1. The Kier molecular flexibility index (Phi) is 5.46. The van der Waals surface area contributed by atoms with Crippen molar-refractivity contribution in [1.82, 2.24) is 24.2 Å². The third-order valence-electron chi connectivity index (χ3n) is 5.75. The summed E-state index contributed by atoms with van der Waals surface area (Å²) >= 11 is 0. The minimum atomic E-state index is -3.65. The fourth-order valence-electron chi connectivity index (χ4n) is 3.99. The van der Waals surface area contributed by atoms with Gasteiger partial charge in [-0.15, -0.1) is 0 Å². The van der Waals surface area contributed by atoms with Crippen molar-refractivity contribution in [2.45, 2.75) is 11.4 Å². The second-order valence-corrected chi connectivity index (χ2v) is 9.68. The lowest BCUT2D eigenvalue weighted by molar-refractivity contribution is 0.414. The minimum absolute atomic E-state index is 0.163. The van der Waals surface area contributed by atoms with E-state index in [-0.39, 0.29) is 11.4 Å². The Morgan fingerprint density at radius 3 is 2.65 bits per heavy atom. The van der Waals surface area contributed by atoms with Crippen LogP contribution >= 0.6 is 0 Å². The van der Waals surface area contributed by atoms with Crippen LogP contribution in [0, 0.1) is 0 Å². The number of anilines is 1. The molecule has 0 spiro atoms. The van der Waals surface area contributed by atoms with Crippen LogP contribution in [0.15, 0.2) is 65.8 Å². The summed E-state index contributed by atoms with van der Waals surface area (Å²) in [5.41, 5.74) is 5.20. The van der Waals surface area contributed by atoms with Gasteiger partial charge in [0.05, 0.1) is 23.8 Å². The molecular weight excluding hydrogens is 452 g/mol. The molecule has 3 aromatic heterocycles. The van der Waals surface area contributed by atoms with Crippen LogP contribution in [0.4, 0.5) is 5.82 Å². The summed E-state index contributed by atoms with van der Waals surface area (Å²) in [5.74, 6) is 1.31. The molecular formula is C24H24N6O3S. The van der Waals surface area contributed by atoms with Gasteiger partial charge in [-0.2, -0.15) is 0 Å². The molecule has 0 aliphatic rings. The zero-order valence-electron chi connectivity index (χ0n) is 19.0. The second-order valence-electron chi connectivity index (χ2n) is 7.91. The van der Waals surface area contributed by atoms with Crippen molar-refractivity contribution in [2.75, 3.05) is 19.5 Å². The quantitative estimate of drug-likeness (QED) is 0.330. The molecule has 9 nitrogen and oxygen atoms in total. The van der Waals surface area contributed by atoms with Gasteiger partial charge in [0.15, 0.2) is 5.82 Å². The molecule has 3 N–H and O–H groups in total. The minimum Gasteiger partial charge on any atom is -0.497 e. The number of imidazole rings is 1. The number of aromatic amines is 1. The molecule has 10 heteroatoms. The summed E-state index contributed by atoms with van der Waals surface area (Å²) in [6.45, 7) is 0.163. The average molecular weight is 477 g/mol. The number of aromatic nitrogens is 4. The van der Waals surface area contributed by atoms with Crippen LogP contribution in [-0.4, -0.2) is 42.1 Å². The van der Waals surface area contributed by atoms with Crippen LogP contribution in [0.2, 0.25) is 0 Å². The van der Waals surface area contributed by atoms with Gasteiger partial charge >= 0.3 is 0 Å². The highest BCUT2D eigenvalue weighted by Crippen LogP contribution is 2.31. The van der Waals surface area contributed by atoms with Gasteiger partial charge in [0.2, 0.25) is 10.0 Å². The predicted molar refractivity (Wildman–Crippen MR) is 132 cm³/mol. The lowest BCUT2D eigenvalue weighted by atomic mass is 10.1. The van der Waals surface area contributed by atoms with E-state index in [1.165, 1.54) is 19.2 Å². The zero-order chi connectivity index (χ0) is 23.9. The van der Waals surface area contributed by atoms with Crippen molar-refractivity contribution in [3.05, 3.63) is 66.5 Å². The number of sulfonamides is 1. The molecule has 0 aliphatic carbocycles. The van der Waals surface area contributed by atoms with E-state index in [1.54, 1.807) is 18.5 Å². The summed E-state index contributed by atoms with van der Waals surface area (Å²) in [4.78, 5) is 12.7. The molecule has 0 atom stereocenters. The molecule has 5 aromatic rings. The van der Waals surface area contributed by atoms with Crippen LogP contribution in [0.25, 0.3) is 33.3 Å². The molecule has 0 bridgehead atoms. The van der Waals surface area contributed by atoms with Crippen molar-refractivity contribution in [3.63, 3.8) is 0 Å². The number of ether oxygens (including phenoxy) is 1. The predicted octanol–water partition coefficient (Wildman–Crippen LogP) is 3.65. The maximum atomic E-state index is 12.7. The van der Waals surface area contributed by atoms with Crippen LogP contribution in [0.1, 0.15) is 5.56 Å². The first-order chi connectivity index (χ1) is 16.4. The lowest BCUT2D eigenvalue weighted by Gasteiger charge is -2.09. The molecule has 3 heterocycles. The third kappa shape index (κ3) is 3.87. The largest absolute Gasteiger partial charge is 0.497 e. The van der Waals surface area contributed by atoms with Crippen molar-refractivity contribution in [1.29, 1.82) is 0 Å². The van der Waals surface area contributed by atoms with Crippen molar-refractivity contribution < 1.29 is 13.2 Å². The Labute approximate surface area is 196 Å². The lowest BCUT2D eigenvalue weighted by Crippen LogP contribution is -2.23. The van der Waals surface area contributed by atoms with E-state index >= 15 is 0 Å². The maximum Gasteiger partial charge on any atom is 0.240 e. The van der Waals surface area contributed by atoms with Gasteiger partial charge in [-0.1, -0.05) is 18.2 Å². The molecule has 2 aromatic carbocycles. The van der Waals surface area contributed by atoms with E-state index in [9.17, 15) is 8.42 Å². The normalized spacial score (nSPS) is 11.9. The highest BCUT2D eigenvalue weighted by atomic mass is 32.2. The summed E-state index contributed by atoms with van der Waals surface area (Å²) in [6.07, 6.45) is 1.77. The molecule has 0 saturated heterocycles. The molecule has 0 unspecified atom stereocenters. The average Bonchev–Trinajstić information content (AvgIpc) is 3.46. The molecule has 174 valence electrons. The van der Waals surface area contributed by atoms with Crippen LogP contribution in [-0.2, 0) is 23.6 Å². The summed E-state index contributed by atoms with van der Waals surface area (Å²) in [6, 6.07) is 16.1. The molecule has 0 radical (unpaired) electrons. The Balaban J connectivity index is 1.44. The molecule has 0 amide bonds. The van der Waals surface area contributed by atoms with E-state index in [2.05, 4.69) is 25.0 Å². The Hall–Kier alpha value is -3.89. The Morgan fingerprint density at radius 2 is 1.91 bits per heavy atom. The number of hydrogen-bond acceptors (Lipinski definition) is 6. The Bertz CT molecular complexity index is 1600. The van der Waals surface area contributed by atoms with Gasteiger partial charge in [-0.05, 0) is 47.5 Å². The first-order valence-corrected chi connectivity index (χ1v) is 12.1. The van der Waals surface area contributed by atoms with E-state index < -0.39 is 10.0 Å². The van der Waals surface area contributed by atoms with E-state index in [4.69, 9.17) is 4.74 Å². The smallest absolute Gasteiger partial charge is 0.240 e. The number of pyridine rings is 1. The van der Waals surface area contributed by atoms with E-state index in [0.717, 1.165) is 38.9 Å². The number of nitrogens with one attached hydrogen (secondary N) is 3. The SMILES string of the molecule is CNc1nc2[nH]c(-c3cccc(CNS(=O)(=O)c4ccc(OC)cc4)c3)cc2c2c1ncn2C. The number of methoxy groups -OCH3 is 1. The van der Waals surface area contributed by atoms with E-state index in [1.807, 2.05) is 49.0 Å². The number of hydrogen-bond donors (Lipinski definition) is 3. The zero-order valence-corrected chi connectivity index (χ0v) is 19.8.